The second kappa shape index (κ2) is 7.68. The van der Waals surface area contributed by atoms with Gasteiger partial charge in [0.2, 0.25) is 0 Å². The summed E-state index contributed by atoms with van der Waals surface area (Å²) in [7, 11) is 0. The Morgan fingerprint density at radius 1 is 1.15 bits per heavy atom. The molecule has 0 unspecified atom stereocenters. The Hall–Kier alpha value is -2.04. The summed E-state index contributed by atoms with van der Waals surface area (Å²) in [5.41, 5.74) is 1.61. The number of ether oxygens (including phenoxy) is 1. The summed E-state index contributed by atoms with van der Waals surface area (Å²) in [6.07, 6.45) is 5.83. The van der Waals surface area contributed by atoms with Crippen LogP contribution in [0.3, 0.4) is 0 Å². The van der Waals surface area contributed by atoms with Crippen molar-refractivity contribution in [2.45, 2.75) is 77.0 Å². The molecular weight excluding hydrogens is 328 g/mol. The van der Waals surface area contributed by atoms with Crippen molar-refractivity contribution in [1.29, 1.82) is 0 Å². The maximum atomic E-state index is 12.8. The lowest BCUT2D eigenvalue weighted by Gasteiger charge is -2.37. The Bertz CT molecular complexity index is 659. The number of amides is 1. The molecule has 1 heterocycles. The predicted molar refractivity (Wildman–Crippen MR) is 103 cm³/mol. The van der Waals surface area contributed by atoms with Gasteiger partial charge in [-0.25, -0.2) is 4.79 Å². The van der Waals surface area contributed by atoms with Crippen molar-refractivity contribution in [3.8, 4) is 0 Å². The molecule has 0 bridgehead atoms. The number of carbonyl (C=O) groups excluding carboxylic acids is 2. The van der Waals surface area contributed by atoms with Crippen LogP contribution < -0.4 is 10.2 Å². The van der Waals surface area contributed by atoms with Gasteiger partial charge in [0.25, 0.3) is 0 Å². The Balaban J connectivity index is 1.82. The number of nitrogens with zero attached hydrogens (tertiary/aromatic N) is 1. The molecule has 1 N–H and O–H groups in total. The molecule has 0 aromatic heterocycles. The fourth-order valence-corrected chi connectivity index (χ4v) is 3.96. The zero-order valence-electron chi connectivity index (χ0n) is 16.1. The highest BCUT2D eigenvalue weighted by Gasteiger charge is 2.33. The second-order valence-electron chi connectivity index (χ2n) is 8.41. The number of hydrogen-bond donors (Lipinski definition) is 1. The number of anilines is 1. The first-order valence-corrected chi connectivity index (χ1v) is 9.70. The molecule has 1 atom stereocenters. The van der Waals surface area contributed by atoms with Crippen LogP contribution >= 0.6 is 0 Å². The smallest absolute Gasteiger partial charge is 0.408 e. The summed E-state index contributed by atoms with van der Waals surface area (Å²) < 4.78 is 5.37. The topological polar surface area (TPSA) is 58.6 Å². The molecule has 0 radical (unpaired) electrons. The molecule has 1 aromatic carbocycles. The van der Waals surface area contributed by atoms with Crippen LogP contribution in [-0.4, -0.2) is 36.1 Å². The molecule has 1 saturated carbocycles. The van der Waals surface area contributed by atoms with Gasteiger partial charge in [-0.3, -0.25) is 4.79 Å². The molecule has 1 aliphatic carbocycles. The first kappa shape index (κ1) is 18.7. The number of fused-ring (bicyclic) bond motifs is 1. The van der Waals surface area contributed by atoms with Crippen molar-refractivity contribution in [3.05, 3.63) is 29.8 Å². The van der Waals surface area contributed by atoms with Crippen LogP contribution in [0.4, 0.5) is 10.5 Å². The monoisotopic (exact) mass is 358 g/mol. The number of benzene rings is 1. The first-order chi connectivity index (χ1) is 12.3. The molecule has 0 saturated heterocycles. The summed E-state index contributed by atoms with van der Waals surface area (Å²) in [4.78, 5) is 27.4. The predicted octanol–water partition coefficient (Wildman–Crippen LogP) is 3.84. The quantitative estimate of drug-likeness (QED) is 0.872. The Kier molecular flexibility index (Phi) is 5.54. The number of ketones is 1. The normalized spacial score (nSPS) is 21.7. The molecule has 5 nitrogen and oxygen atoms in total. The van der Waals surface area contributed by atoms with Crippen LogP contribution in [0.2, 0.25) is 0 Å². The average Bonchev–Trinajstić information content (AvgIpc) is 2.71. The van der Waals surface area contributed by atoms with Crippen LogP contribution in [0.15, 0.2) is 24.3 Å². The van der Waals surface area contributed by atoms with Crippen molar-refractivity contribution >= 4 is 17.6 Å². The third kappa shape index (κ3) is 4.57. The molecular formula is C21H30N2O3. The summed E-state index contributed by atoms with van der Waals surface area (Å²) >= 11 is 0. The minimum Gasteiger partial charge on any atom is -0.444 e. The molecule has 3 rings (SSSR count). The highest BCUT2D eigenvalue weighted by atomic mass is 16.6. The van der Waals surface area contributed by atoms with E-state index in [9.17, 15) is 9.59 Å². The van der Waals surface area contributed by atoms with E-state index in [2.05, 4.69) is 16.3 Å². The van der Waals surface area contributed by atoms with E-state index >= 15 is 0 Å². The number of nitrogens with one attached hydrogen (secondary N) is 1. The highest BCUT2D eigenvalue weighted by Crippen LogP contribution is 2.32. The molecule has 1 aromatic rings. The van der Waals surface area contributed by atoms with Crippen molar-refractivity contribution < 1.29 is 14.3 Å². The fourth-order valence-electron chi connectivity index (χ4n) is 3.96. The standard InChI is InChI=1S/C21H30N2O3/c1-21(2,3)26-20(25)22-17-14-23(16-10-5-4-6-11-16)18-12-8-7-9-15(18)13-19(17)24/h7-9,12,16-17H,4-6,10-11,13-14H2,1-3H3,(H,22,25)/t17-/m1/s1. The first-order valence-electron chi connectivity index (χ1n) is 9.70. The van der Waals surface area contributed by atoms with Gasteiger partial charge >= 0.3 is 6.09 Å². The molecule has 0 spiro atoms. The van der Waals surface area contributed by atoms with E-state index in [-0.39, 0.29) is 5.78 Å². The van der Waals surface area contributed by atoms with Crippen molar-refractivity contribution in [2.24, 2.45) is 0 Å². The SMILES string of the molecule is CC(C)(C)OC(=O)N[C@@H]1CN(C2CCCCC2)c2ccccc2CC1=O. The number of para-hydroxylation sites is 1. The third-order valence-electron chi connectivity index (χ3n) is 5.14. The Labute approximate surface area is 156 Å². The van der Waals surface area contributed by atoms with Crippen LogP contribution in [0.1, 0.15) is 58.4 Å². The van der Waals surface area contributed by atoms with E-state index in [1.165, 1.54) is 19.3 Å². The maximum Gasteiger partial charge on any atom is 0.408 e. The minimum absolute atomic E-state index is 0.0432. The van der Waals surface area contributed by atoms with Crippen LogP contribution in [0.5, 0.6) is 0 Å². The van der Waals surface area contributed by atoms with Crippen LogP contribution in [0, 0.1) is 0 Å². The molecule has 5 heteroatoms. The van der Waals surface area contributed by atoms with E-state index in [1.54, 1.807) is 0 Å². The largest absolute Gasteiger partial charge is 0.444 e. The van der Waals surface area contributed by atoms with Gasteiger partial charge in [0.15, 0.2) is 5.78 Å². The number of hydrogen-bond acceptors (Lipinski definition) is 4. The van der Waals surface area contributed by atoms with E-state index in [4.69, 9.17) is 4.74 Å². The van der Waals surface area contributed by atoms with Crippen molar-refractivity contribution in [3.63, 3.8) is 0 Å². The van der Waals surface area contributed by atoms with Crippen LogP contribution in [-0.2, 0) is 16.0 Å². The van der Waals surface area contributed by atoms with Gasteiger partial charge in [-0.05, 0) is 45.2 Å². The molecule has 2 aliphatic rings. The zero-order chi connectivity index (χ0) is 18.7. The second-order valence-corrected chi connectivity index (χ2v) is 8.41. The molecule has 1 aliphatic heterocycles. The Morgan fingerprint density at radius 3 is 2.54 bits per heavy atom. The average molecular weight is 358 g/mol. The van der Waals surface area contributed by atoms with E-state index in [1.807, 2.05) is 39.0 Å². The molecule has 26 heavy (non-hydrogen) atoms. The lowest BCUT2D eigenvalue weighted by molar-refractivity contribution is -0.120. The molecule has 1 fully saturated rings. The number of Topliss-reactive ketones (excluding diaryl/α,β-unsaturated/α-hetero) is 1. The van der Waals surface area contributed by atoms with Gasteiger partial charge < -0.3 is 15.0 Å². The minimum atomic E-state index is -0.579. The van der Waals surface area contributed by atoms with Crippen molar-refractivity contribution in [1.82, 2.24) is 5.32 Å². The number of carbonyl (C=O) groups is 2. The highest BCUT2D eigenvalue weighted by molar-refractivity contribution is 5.92. The maximum absolute atomic E-state index is 12.8. The lowest BCUT2D eigenvalue weighted by atomic mass is 9.93. The van der Waals surface area contributed by atoms with Crippen LogP contribution in [0.25, 0.3) is 0 Å². The third-order valence-corrected chi connectivity index (χ3v) is 5.14. The molecule has 1 amide bonds. The summed E-state index contributed by atoms with van der Waals surface area (Å²) in [5, 5.41) is 2.82. The van der Waals surface area contributed by atoms with E-state index in [0.29, 0.717) is 19.0 Å². The van der Waals surface area contributed by atoms with E-state index < -0.39 is 17.7 Å². The zero-order valence-corrected chi connectivity index (χ0v) is 16.1. The van der Waals surface area contributed by atoms with Gasteiger partial charge in [-0.2, -0.15) is 0 Å². The van der Waals surface area contributed by atoms with E-state index in [0.717, 1.165) is 24.1 Å². The van der Waals surface area contributed by atoms with Gasteiger partial charge in [0, 0.05) is 24.7 Å². The summed E-state index contributed by atoms with van der Waals surface area (Å²) in [5.74, 6) is 0.0432. The lowest BCUT2D eigenvalue weighted by Crippen LogP contribution is -2.51. The summed E-state index contributed by atoms with van der Waals surface area (Å²) in [6, 6.07) is 8.03. The van der Waals surface area contributed by atoms with Gasteiger partial charge in [-0.15, -0.1) is 0 Å². The summed E-state index contributed by atoms with van der Waals surface area (Å²) in [6.45, 7) is 5.99. The van der Waals surface area contributed by atoms with Gasteiger partial charge in [-0.1, -0.05) is 37.5 Å². The Morgan fingerprint density at radius 2 is 1.85 bits per heavy atom. The van der Waals surface area contributed by atoms with Crippen molar-refractivity contribution in [2.75, 3.05) is 11.4 Å². The van der Waals surface area contributed by atoms with Gasteiger partial charge in [0.1, 0.15) is 11.6 Å². The molecule has 142 valence electrons. The fraction of sp³-hybridized carbons (Fsp3) is 0.619. The number of alkyl carbamates (subject to hydrolysis) is 1. The number of rotatable bonds is 2. The van der Waals surface area contributed by atoms with Gasteiger partial charge in [0.05, 0.1) is 0 Å².